The molecule has 7 nitrogen and oxygen atoms in total. The first-order chi connectivity index (χ1) is 12.3. The van der Waals surface area contributed by atoms with Crippen LogP contribution < -0.4 is 15.2 Å². The zero-order valence-electron chi connectivity index (χ0n) is 15.0. The van der Waals surface area contributed by atoms with Gasteiger partial charge < -0.3 is 9.15 Å². The number of hydrogen-bond donors (Lipinski definition) is 1. The number of nitrogens with one attached hydrogen (secondary N) is 1. The molecule has 0 saturated carbocycles. The van der Waals surface area contributed by atoms with E-state index in [1.807, 2.05) is 19.9 Å². The molecule has 26 heavy (non-hydrogen) atoms. The molecule has 0 unspecified atom stereocenters. The van der Waals surface area contributed by atoms with Crippen molar-refractivity contribution in [2.24, 2.45) is 0 Å². The largest absolute Gasteiger partial charge is 0.495 e. The third-order valence-electron chi connectivity index (χ3n) is 4.17. The summed E-state index contributed by atoms with van der Waals surface area (Å²) in [7, 11) is -2.42. The lowest BCUT2D eigenvalue weighted by molar-refractivity contribution is 0.417. The predicted molar refractivity (Wildman–Crippen MR) is 99.4 cm³/mol. The third-order valence-corrected chi connectivity index (χ3v) is 5.68. The van der Waals surface area contributed by atoms with Crippen molar-refractivity contribution in [3.8, 4) is 5.75 Å². The van der Waals surface area contributed by atoms with Crippen molar-refractivity contribution in [3.05, 3.63) is 52.0 Å². The Hall–Kier alpha value is -2.74. The van der Waals surface area contributed by atoms with Gasteiger partial charge in [0.15, 0.2) is 5.58 Å². The van der Waals surface area contributed by atoms with E-state index in [1.54, 1.807) is 25.1 Å². The number of hydrogen-bond acceptors (Lipinski definition) is 5. The minimum Gasteiger partial charge on any atom is -0.495 e. The molecule has 0 fully saturated rings. The summed E-state index contributed by atoms with van der Waals surface area (Å²) < 4.78 is 40.2. The van der Waals surface area contributed by atoms with Crippen molar-refractivity contribution in [2.75, 3.05) is 11.8 Å². The third kappa shape index (κ3) is 3.08. The second-order valence-electron chi connectivity index (χ2n) is 6.01. The Morgan fingerprint density at radius 2 is 1.92 bits per heavy atom. The number of oxazole rings is 1. The van der Waals surface area contributed by atoms with Gasteiger partial charge in [0.1, 0.15) is 5.75 Å². The van der Waals surface area contributed by atoms with Gasteiger partial charge in [0, 0.05) is 12.6 Å². The first-order valence-corrected chi connectivity index (χ1v) is 9.56. The molecular weight excluding hydrogens is 356 g/mol. The molecule has 2 aromatic carbocycles. The maximum Gasteiger partial charge on any atom is 0.419 e. The molecule has 3 rings (SSSR count). The van der Waals surface area contributed by atoms with Gasteiger partial charge in [0.05, 0.1) is 23.2 Å². The Labute approximate surface area is 151 Å². The van der Waals surface area contributed by atoms with Crippen LogP contribution in [0.1, 0.15) is 18.1 Å². The second kappa shape index (κ2) is 6.53. The highest BCUT2D eigenvalue weighted by atomic mass is 32.2. The van der Waals surface area contributed by atoms with Gasteiger partial charge in [-0.25, -0.2) is 13.2 Å². The van der Waals surface area contributed by atoms with Crippen LogP contribution in [0.4, 0.5) is 5.69 Å². The van der Waals surface area contributed by atoms with Crippen LogP contribution in [0.25, 0.3) is 11.1 Å². The summed E-state index contributed by atoms with van der Waals surface area (Å²) >= 11 is 0. The number of benzene rings is 2. The van der Waals surface area contributed by atoms with Crippen LogP contribution in [0.15, 0.2) is 44.4 Å². The number of methoxy groups -OCH3 is 1. The lowest BCUT2D eigenvalue weighted by atomic mass is 10.2. The number of sulfonamides is 1. The SMILES string of the molecule is CCn1c(=O)oc2cc(S(=O)(=O)Nc3cc(C)ccc3OC)c(C)cc21. The molecule has 0 bridgehead atoms. The standard InChI is InChI=1S/C18H20N2O5S/c1-5-20-14-9-12(3)17(10-16(14)25-18(20)21)26(22,23)19-13-8-11(2)6-7-15(13)24-4/h6-10,19H,5H2,1-4H3. The van der Waals surface area contributed by atoms with Crippen LogP contribution >= 0.6 is 0 Å². The summed E-state index contributed by atoms with van der Waals surface area (Å²) in [5.41, 5.74) is 2.56. The van der Waals surface area contributed by atoms with Crippen molar-refractivity contribution in [3.63, 3.8) is 0 Å². The molecule has 0 saturated heterocycles. The Morgan fingerprint density at radius 1 is 1.19 bits per heavy atom. The van der Waals surface area contributed by atoms with Gasteiger partial charge in [0.25, 0.3) is 10.0 Å². The molecule has 1 heterocycles. The van der Waals surface area contributed by atoms with E-state index in [0.717, 1.165) is 5.56 Å². The number of aromatic nitrogens is 1. The zero-order chi connectivity index (χ0) is 19.1. The summed E-state index contributed by atoms with van der Waals surface area (Å²) in [5.74, 6) is -0.0914. The molecule has 1 N–H and O–H groups in total. The topological polar surface area (TPSA) is 90.5 Å². The van der Waals surface area contributed by atoms with Crippen molar-refractivity contribution < 1.29 is 17.6 Å². The normalized spacial score (nSPS) is 11.7. The van der Waals surface area contributed by atoms with E-state index in [2.05, 4.69) is 4.72 Å². The molecule has 0 radical (unpaired) electrons. The van der Waals surface area contributed by atoms with Crippen LogP contribution in [-0.2, 0) is 16.6 Å². The molecule has 1 aromatic heterocycles. The van der Waals surface area contributed by atoms with Crippen molar-refractivity contribution in [1.29, 1.82) is 0 Å². The molecule has 0 spiro atoms. The molecule has 3 aromatic rings. The van der Waals surface area contributed by atoms with Gasteiger partial charge in [-0.1, -0.05) is 6.07 Å². The number of rotatable bonds is 5. The first kappa shape index (κ1) is 18.1. The highest BCUT2D eigenvalue weighted by Gasteiger charge is 2.22. The molecule has 8 heteroatoms. The van der Waals surface area contributed by atoms with E-state index in [-0.39, 0.29) is 10.5 Å². The lowest BCUT2D eigenvalue weighted by Gasteiger charge is -2.14. The lowest BCUT2D eigenvalue weighted by Crippen LogP contribution is -2.15. The van der Waals surface area contributed by atoms with Crippen molar-refractivity contribution in [1.82, 2.24) is 4.57 Å². The van der Waals surface area contributed by atoms with Crippen LogP contribution in [0.3, 0.4) is 0 Å². The van der Waals surface area contributed by atoms with Gasteiger partial charge in [-0.3, -0.25) is 9.29 Å². The summed E-state index contributed by atoms with van der Waals surface area (Å²) in [6, 6.07) is 8.24. The van der Waals surface area contributed by atoms with Crippen LogP contribution in [0.5, 0.6) is 5.75 Å². The Bertz CT molecular complexity index is 1140. The highest BCUT2D eigenvalue weighted by Crippen LogP contribution is 2.30. The summed E-state index contributed by atoms with van der Waals surface area (Å²) in [4.78, 5) is 11.9. The number of ether oxygens (including phenoxy) is 1. The number of aryl methyl sites for hydroxylation is 3. The van der Waals surface area contributed by atoms with Crippen LogP contribution in [-0.4, -0.2) is 20.1 Å². The predicted octanol–water partition coefficient (Wildman–Crippen LogP) is 3.04. The molecule has 0 aliphatic heterocycles. The number of fused-ring (bicyclic) bond motifs is 1. The van der Waals surface area contributed by atoms with E-state index >= 15 is 0 Å². The molecule has 138 valence electrons. The maximum absolute atomic E-state index is 12.9. The molecule has 0 aliphatic rings. The summed E-state index contributed by atoms with van der Waals surface area (Å²) in [5, 5.41) is 0. The van der Waals surface area contributed by atoms with E-state index in [4.69, 9.17) is 9.15 Å². The minimum atomic E-state index is -3.90. The van der Waals surface area contributed by atoms with Crippen LogP contribution in [0, 0.1) is 13.8 Å². The number of nitrogens with zero attached hydrogens (tertiary/aromatic N) is 1. The van der Waals surface area contributed by atoms with Gasteiger partial charge in [-0.2, -0.15) is 0 Å². The Balaban J connectivity index is 2.12. The Morgan fingerprint density at radius 3 is 2.58 bits per heavy atom. The second-order valence-corrected chi connectivity index (χ2v) is 7.66. The van der Waals surface area contributed by atoms with Gasteiger partial charge in [0.2, 0.25) is 0 Å². The molecule has 0 atom stereocenters. The zero-order valence-corrected chi connectivity index (χ0v) is 15.8. The summed E-state index contributed by atoms with van der Waals surface area (Å²) in [6.45, 7) is 5.80. The maximum atomic E-state index is 12.9. The molecular formula is C18H20N2O5S. The van der Waals surface area contributed by atoms with Crippen molar-refractivity contribution >= 4 is 26.8 Å². The van der Waals surface area contributed by atoms with E-state index in [9.17, 15) is 13.2 Å². The van der Waals surface area contributed by atoms with Gasteiger partial charge >= 0.3 is 5.76 Å². The fraction of sp³-hybridized carbons (Fsp3) is 0.278. The Kier molecular flexibility index (Phi) is 4.53. The molecule has 0 aliphatic carbocycles. The van der Waals surface area contributed by atoms with Crippen molar-refractivity contribution in [2.45, 2.75) is 32.2 Å². The van der Waals surface area contributed by atoms with Gasteiger partial charge in [-0.05, 0) is 50.1 Å². The van der Waals surface area contributed by atoms with E-state index < -0.39 is 15.8 Å². The number of anilines is 1. The minimum absolute atomic E-state index is 0.0468. The average molecular weight is 376 g/mol. The molecule has 0 amide bonds. The average Bonchev–Trinajstić information content (AvgIpc) is 2.88. The fourth-order valence-electron chi connectivity index (χ4n) is 2.88. The monoisotopic (exact) mass is 376 g/mol. The van der Waals surface area contributed by atoms with E-state index in [1.165, 1.54) is 17.7 Å². The quantitative estimate of drug-likeness (QED) is 0.739. The smallest absolute Gasteiger partial charge is 0.419 e. The van der Waals surface area contributed by atoms with Gasteiger partial charge in [-0.15, -0.1) is 0 Å². The highest BCUT2D eigenvalue weighted by molar-refractivity contribution is 7.92. The summed E-state index contributed by atoms with van der Waals surface area (Å²) in [6.07, 6.45) is 0. The van der Waals surface area contributed by atoms with E-state index in [0.29, 0.717) is 29.1 Å². The fourth-order valence-corrected chi connectivity index (χ4v) is 4.19. The van der Waals surface area contributed by atoms with Crippen LogP contribution in [0.2, 0.25) is 0 Å². The first-order valence-electron chi connectivity index (χ1n) is 8.08.